The smallest absolute Gasteiger partial charge is 0.426 e. The van der Waals surface area contributed by atoms with E-state index in [0.717, 1.165) is 60.1 Å². The molecule has 3 nitrogen and oxygen atoms in total. The molecule has 0 spiro atoms. The predicted molar refractivity (Wildman–Crippen MR) is 278 cm³/mol. The van der Waals surface area contributed by atoms with Gasteiger partial charge in [-0.1, -0.05) is 188 Å². The van der Waals surface area contributed by atoms with Gasteiger partial charge >= 0.3 is 6.16 Å². The largest absolute Gasteiger partial charge is 0.509 e. The Morgan fingerprint density at radius 3 is 1.53 bits per heavy atom. The second kappa shape index (κ2) is 14.1. The van der Waals surface area contributed by atoms with E-state index >= 15 is 0 Å². The van der Waals surface area contributed by atoms with E-state index in [4.69, 9.17) is 9.47 Å². The van der Waals surface area contributed by atoms with Gasteiger partial charge in [-0.05, 0) is 151 Å². The maximum atomic E-state index is 13.5. The number of carbonyl (C=O) groups excluding carboxylic acids is 1. The van der Waals surface area contributed by atoms with Crippen LogP contribution >= 0.6 is 0 Å². The van der Waals surface area contributed by atoms with Gasteiger partial charge < -0.3 is 9.47 Å². The molecule has 4 aliphatic rings. The van der Waals surface area contributed by atoms with Gasteiger partial charge in [0.25, 0.3) is 0 Å². The fourth-order valence-electron chi connectivity index (χ4n) is 12.5. The number of benzene rings is 11. The molecule has 0 saturated carbocycles. The van der Waals surface area contributed by atoms with Crippen molar-refractivity contribution in [3.8, 4) is 22.3 Å². The van der Waals surface area contributed by atoms with Crippen LogP contribution in [-0.4, -0.2) is 18.4 Å². The highest BCUT2D eigenvalue weighted by molar-refractivity contribution is 6.29. The van der Waals surface area contributed by atoms with Crippen LogP contribution in [0.25, 0.3) is 109 Å². The summed E-state index contributed by atoms with van der Waals surface area (Å²) < 4.78 is 12.6. The van der Waals surface area contributed by atoms with E-state index in [2.05, 4.69) is 218 Å². The van der Waals surface area contributed by atoms with Gasteiger partial charge in [0.2, 0.25) is 0 Å². The molecule has 316 valence electrons. The van der Waals surface area contributed by atoms with Gasteiger partial charge in [0, 0.05) is 10.8 Å². The zero-order valence-corrected chi connectivity index (χ0v) is 36.7. The van der Waals surface area contributed by atoms with E-state index in [9.17, 15) is 4.79 Å². The van der Waals surface area contributed by atoms with Crippen LogP contribution in [0.1, 0.15) is 34.1 Å². The number of hydrogen-bond acceptors (Lipinski definition) is 3. The Kier molecular flexibility index (Phi) is 7.80. The lowest BCUT2D eigenvalue weighted by atomic mass is 9.58. The first-order valence-corrected chi connectivity index (χ1v) is 23.5. The van der Waals surface area contributed by atoms with Crippen molar-refractivity contribution in [3.05, 3.63) is 241 Å². The number of carbonyl (C=O) groups is 1. The average molecular weight is 867 g/mol. The Morgan fingerprint density at radius 1 is 0.338 bits per heavy atom. The topological polar surface area (TPSA) is 35.5 Å². The van der Waals surface area contributed by atoms with Gasteiger partial charge in [-0.25, -0.2) is 4.79 Å². The first-order chi connectivity index (χ1) is 33.6. The van der Waals surface area contributed by atoms with Crippen LogP contribution in [0, 0.1) is 12.1 Å². The van der Waals surface area contributed by atoms with Gasteiger partial charge in [0.05, 0.1) is 11.8 Å². The Balaban J connectivity index is 1.11. The summed E-state index contributed by atoms with van der Waals surface area (Å²) in [4.78, 5) is 13.5. The molecular formula is C65H38O3. The fraction of sp³-hybridized carbons (Fsp3) is 0.0615. The van der Waals surface area contributed by atoms with Crippen LogP contribution in [0.4, 0.5) is 4.79 Å². The predicted octanol–water partition coefficient (Wildman–Crippen LogP) is 16.4. The van der Waals surface area contributed by atoms with Crippen molar-refractivity contribution in [3.63, 3.8) is 0 Å². The molecule has 12 aromatic rings. The quantitative estimate of drug-likeness (QED) is 0.100. The van der Waals surface area contributed by atoms with Crippen molar-refractivity contribution in [2.45, 2.75) is 24.0 Å². The molecular weight excluding hydrogens is 829 g/mol. The Morgan fingerprint density at radius 2 is 0.824 bits per heavy atom. The van der Waals surface area contributed by atoms with Crippen LogP contribution in [0.15, 0.2) is 206 Å². The second-order valence-electron chi connectivity index (χ2n) is 18.7. The Bertz CT molecular complexity index is 4190. The van der Waals surface area contributed by atoms with Gasteiger partial charge in [-0.2, -0.15) is 0 Å². The van der Waals surface area contributed by atoms with E-state index in [1.807, 2.05) is 0 Å². The third kappa shape index (κ3) is 5.29. The van der Waals surface area contributed by atoms with Gasteiger partial charge in [-0.3, -0.25) is 0 Å². The number of fused-ring (bicyclic) bond motifs is 10. The normalized spacial score (nSPS) is 18.4. The van der Waals surface area contributed by atoms with Crippen LogP contribution in [0.5, 0.6) is 0 Å². The molecule has 16 rings (SSSR count). The zero-order chi connectivity index (χ0) is 44.6. The summed E-state index contributed by atoms with van der Waals surface area (Å²) in [6.07, 6.45) is -1.57. The third-order valence-corrected chi connectivity index (χ3v) is 15.3. The summed E-state index contributed by atoms with van der Waals surface area (Å²) in [5.74, 6) is -0.563. The molecule has 4 unspecified atom stereocenters. The van der Waals surface area contributed by atoms with Crippen LogP contribution < -0.4 is 0 Å². The van der Waals surface area contributed by atoms with Crippen molar-refractivity contribution in [1.82, 2.24) is 0 Å². The van der Waals surface area contributed by atoms with Crippen molar-refractivity contribution in [2.75, 3.05) is 0 Å². The van der Waals surface area contributed by atoms with E-state index in [1.165, 1.54) is 70.9 Å². The summed E-state index contributed by atoms with van der Waals surface area (Å²) in [5, 5.41) is 16.3. The highest BCUT2D eigenvalue weighted by Gasteiger charge is 2.58. The van der Waals surface area contributed by atoms with Crippen LogP contribution in [0.2, 0.25) is 0 Å². The molecule has 1 heterocycles. The number of rotatable bonds is 4. The molecule has 68 heavy (non-hydrogen) atoms. The molecule has 12 aromatic carbocycles. The van der Waals surface area contributed by atoms with Gasteiger partial charge in [0.15, 0.2) is 12.2 Å². The summed E-state index contributed by atoms with van der Waals surface area (Å²) in [6, 6.07) is 82.2. The molecule has 3 heteroatoms. The minimum absolute atomic E-state index is 0.281. The minimum atomic E-state index is -0.604. The molecule has 0 amide bonds. The molecule has 1 fully saturated rings. The van der Waals surface area contributed by atoms with E-state index in [0.29, 0.717) is 0 Å². The molecule has 1 saturated heterocycles. The number of hydrogen-bond donors (Lipinski definition) is 0. The maximum absolute atomic E-state index is 13.5. The fourth-order valence-corrected chi connectivity index (χ4v) is 12.5. The molecule has 4 atom stereocenters. The lowest BCUT2D eigenvalue weighted by molar-refractivity contribution is 0.115. The van der Waals surface area contributed by atoms with Crippen molar-refractivity contribution in [2.24, 2.45) is 0 Å². The lowest BCUT2D eigenvalue weighted by Gasteiger charge is -2.47. The Labute approximate surface area is 392 Å². The SMILES string of the molecule is O=C1OC2C3C(c4ccccc4)=C(c4ccccc4)C(c4cc5c(-c6ccc7c(ccc8ccccc87)c6)c6c(ccc7ccccc76)c(-c6ccc7c(c#cc8ccccc87)c6)c5cc43)C2O1. The third-order valence-electron chi connectivity index (χ3n) is 15.3. The molecule has 2 bridgehead atoms. The Hall–Kier alpha value is -8.71. The van der Waals surface area contributed by atoms with E-state index in [1.54, 1.807) is 0 Å². The first kappa shape index (κ1) is 37.5. The molecule has 0 radical (unpaired) electrons. The monoisotopic (exact) mass is 866 g/mol. The van der Waals surface area contributed by atoms with Crippen LogP contribution in [-0.2, 0) is 9.47 Å². The zero-order valence-electron chi connectivity index (χ0n) is 36.7. The first-order valence-electron chi connectivity index (χ1n) is 23.5. The summed E-state index contributed by atoms with van der Waals surface area (Å²) in [7, 11) is 0. The van der Waals surface area contributed by atoms with E-state index in [-0.39, 0.29) is 11.8 Å². The van der Waals surface area contributed by atoms with E-state index < -0.39 is 18.4 Å². The number of ether oxygens (including phenoxy) is 2. The van der Waals surface area contributed by atoms with Crippen LogP contribution in [0.3, 0.4) is 0 Å². The van der Waals surface area contributed by atoms with Gasteiger partial charge in [0.1, 0.15) is 0 Å². The average Bonchev–Trinajstić information content (AvgIpc) is 3.81. The second-order valence-corrected chi connectivity index (χ2v) is 18.7. The highest BCUT2D eigenvalue weighted by atomic mass is 16.8. The standard InChI is InChI=1S/C65H38O3/c66-65-67-63-61-54-35-52-53(36-55(54)62(64(63)68-65)59(41-18-5-2-6-19-41)58(61)40-16-3-1-4-17-40)57(45-29-31-49-43(34-45)26-24-38-14-8-11-21-47(38)49)60-50-22-12-9-15-39(50)27-32-51(60)56(52)44-28-30-48-42(33-44)25-23-37-13-7-10-20-46(37)48/h1-22,24,26-36,61-64H. The molecule has 0 aromatic heterocycles. The van der Waals surface area contributed by atoms with Crippen molar-refractivity contribution in [1.29, 1.82) is 0 Å². The minimum Gasteiger partial charge on any atom is -0.426 e. The van der Waals surface area contributed by atoms with Crippen molar-refractivity contribution >= 4 is 92.7 Å². The molecule has 3 aliphatic carbocycles. The molecule has 1 aliphatic heterocycles. The summed E-state index contributed by atoms with van der Waals surface area (Å²) in [5.41, 5.74) is 11.6. The maximum Gasteiger partial charge on any atom is 0.509 e. The lowest BCUT2D eigenvalue weighted by Crippen LogP contribution is -2.45. The molecule has 0 N–H and O–H groups in total. The van der Waals surface area contributed by atoms with Crippen molar-refractivity contribution < 1.29 is 14.3 Å². The highest BCUT2D eigenvalue weighted by Crippen LogP contribution is 2.63. The summed E-state index contributed by atoms with van der Waals surface area (Å²) >= 11 is 0. The van der Waals surface area contributed by atoms with Gasteiger partial charge in [-0.15, -0.1) is 0 Å². The summed E-state index contributed by atoms with van der Waals surface area (Å²) in [6.45, 7) is 0.